The van der Waals surface area contributed by atoms with Gasteiger partial charge in [-0.3, -0.25) is 4.79 Å². The zero-order valence-electron chi connectivity index (χ0n) is 17.3. The molecule has 1 nitrogen and oxygen atoms in total. The summed E-state index contributed by atoms with van der Waals surface area (Å²) in [6.45, 7) is 4.53. The van der Waals surface area contributed by atoms with Crippen molar-refractivity contribution in [1.29, 1.82) is 0 Å². The Morgan fingerprint density at radius 3 is 1.96 bits per heavy atom. The van der Waals surface area contributed by atoms with Gasteiger partial charge in [0.1, 0.15) is 0 Å². The first-order valence-corrected chi connectivity index (χ1v) is 12.0. The second-order valence-electron chi connectivity index (χ2n) is 7.45. The Morgan fingerprint density at radius 1 is 0.786 bits per heavy atom. The third-order valence-electron chi connectivity index (χ3n) is 5.02. The molecule has 3 heteroatoms. The second kappa shape index (κ2) is 13.1. The highest BCUT2D eigenvalue weighted by Gasteiger charge is 2.12. The van der Waals surface area contributed by atoms with Gasteiger partial charge in [0.05, 0.1) is 0 Å². The zero-order chi connectivity index (χ0) is 20.2. The largest absolute Gasteiger partial charge is 0.289 e. The highest BCUT2D eigenvalue weighted by atomic mass is 35.5. The SMILES string of the molecule is CCCCCCCCC(CCC)Sc1ccc(C(=O)c2ccc(Cl)cc2)cc1. The van der Waals surface area contributed by atoms with Gasteiger partial charge in [-0.1, -0.05) is 70.4 Å². The van der Waals surface area contributed by atoms with Crippen LogP contribution < -0.4 is 0 Å². The fraction of sp³-hybridized carbons (Fsp3) is 0.480. The Balaban J connectivity index is 1.87. The second-order valence-corrected chi connectivity index (χ2v) is 9.26. The van der Waals surface area contributed by atoms with Crippen LogP contribution in [-0.2, 0) is 0 Å². The molecule has 2 aromatic rings. The summed E-state index contributed by atoms with van der Waals surface area (Å²) in [4.78, 5) is 13.9. The van der Waals surface area contributed by atoms with E-state index in [0.29, 0.717) is 15.8 Å². The van der Waals surface area contributed by atoms with E-state index in [1.807, 2.05) is 23.9 Å². The van der Waals surface area contributed by atoms with Gasteiger partial charge in [-0.05, 0) is 61.4 Å². The van der Waals surface area contributed by atoms with Crippen LogP contribution in [-0.4, -0.2) is 11.0 Å². The van der Waals surface area contributed by atoms with Gasteiger partial charge in [-0.2, -0.15) is 0 Å². The molecule has 0 fully saturated rings. The molecule has 28 heavy (non-hydrogen) atoms. The Morgan fingerprint density at radius 2 is 1.36 bits per heavy atom. The molecule has 1 unspecified atom stereocenters. The van der Waals surface area contributed by atoms with Crippen molar-refractivity contribution >= 4 is 29.1 Å². The average Bonchev–Trinajstić information content (AvgIpc) is 2.71. The van der Waals surface area contributed by atoms with Gasteiger partial charge < -0.3 is 0 Å². The summed E-state index contributed by atoms with van der Waals surface area (Å²) in [6, 6.07) is 15.2. The predicted octanol–water partition coefficient (Wildman–Crippen LogP) is 8.58. The van der Waals surface area contributed by atoms with E-state index in [-0.39, 0.29) is 5.78 Å². The summed E-state index contributed by atoms with van der Waals surface area (Å²) in [6.07, 6.45) is 11.9. The van der Waals surface area contributed by atoms with E-state index in [2.05, 4.69) is 26.0 Å². The molecule has 152 valence electrons. The van der Waals surface area contributed by atoms with E-state index in [1.54, 1.807) is 24.3 Å². The van der Waals surface area contributed by atoms with Crippen molar-refractivity contribution in [2.24, 2.45) is 0 Å². The molecule has 2 rings (SSSR count). The number of carbonyl (C=O) groups excluding carboxylic acids is 1. The van der Waals surface area contributed by atoms with Gasteiger partial charge in [-0.15, -0.1) is 11.8 Å². The Kier molecular flexibility index (Phi) is 10.7. The highest BCUT2D eigenvalue weighted by molar-refractivity contribution is 8.00. The molecule has 0 bridgehead atoms. The Bertz CT molecular complexity index is 693. The molecule has 1 atom stereocenters. The van der Waals surface area contributed by atoms with E-state index in [0.717, 1.165) is 5.56 Å². The van der Waals surface area contributed by atoms with E-state index >= 15 is 0 Å². The summed E-state index contributed by atoms with van der Waals surface area (Å²) in [5.74, 6) is 0.0467. The molecule has 0 aliphatic carbocycles. The molecule has 0 aliphatic rings. The number of benzene rings is 2. The van der Waals surface area contributed by atoms with Gasteiger partial charge >= 0.3 is 0 Å². The zero-order valence-corrected chi connectivity index (χ0v) is 18.8. The van der Waals surface area contributed by atoms with Crippen LogP contribution in [0.15, 0.2) is 53.4 Å². The molecule has 0 amide bonds. The lowest BCUT2D eigenvalue weighted by atomic mass is 10.0. The van der Waals surface area contributed by atoms with Crippen LogP contribution >= 0.6 is 23.4 Å². The van der Waals surface area contributed by atoms with Crippen molar-refractivity contribution in [3.8, 4) is 0 Å². The van der Waals surface area contributed by atoms with E-state index < -0.39 is 0 Å². The lowest BCUT2D eigenvalue weighted by molar-refractivity contribution is 0.103. The highest BCUT2D eigenvalue weighted by Crippen LogP contribution is 2.30. The number of rotatable bonds is 13. The molecule has 0 aromatic heterocycles. The minimum absolute atomic E-state index is 0.0467. The number of hydrogen-bond donors (Lipinski definition) is 0. The van der Waals surface area contributed by atoms with Gasteiger partial charge in [0.25, 0.3) is 0 Å². The molecule has 0 aliphatic heterocycles. The standard InChI is InChI=1S/C25H33ClOS/c1-3-5-6-7-8-9-11-23(10-4-2)28-24-18-14-21(15-19-24)25(27)20-12-16-22(26)17-13-20/h12-19,23H,3-11H2,1-2H3. The van der Waals surface area contributed by atoms with Crippen molar-refractivity contribution in [2.45, 2.75) is 81.8 Å². The molecule has 2 aromatic carbocycles. The van der Waals surface area contributed by atoms with E-state index in [9.17, 15) is 4.79 Å². The minimum atomic E-state index is 0.0467. The van der Waals surface area contributed by atoms with Crippen LogP contribution in [0.3, 0.4) is 0 Å². The van der Waals surface area contributed by atoms with Crippen molar-refractivity contribution in [3.63, 3.8) is 0 Å². The number of thioether (sulfide) groups is 1. The maximum atomic E-state index is 12.6. The third kappa shape index (κ3) is 8.01. The molecule has 0 saturated heterocycles. The van der Waals surface area contributed by atoms with Crippen LogP contribution in [0.4, 0.5) is 0 Å². The van der Waals surface area contributed by atoms with Gasteiger partial charge in [0, 0.05) is 26.3 Å². The molecule has 0 heterocycles. The molecule has 0 N–H and O–H groups in total. The summed E-state index contributed by atoms with van der Waals surface area (Å²) in [5, 5.41) is 1.32. The topological polar surface area (TPSA) is 17.1 Å². The maximum absolute atomic E-state index is 12.6. The van der Waals surface area contributed by atoms with E-state index in [1.165, 1.54) is 62.7 Å². The van der Waals surface area contributed by atoms with Crippen LogP contribution in [0.25, 0.3) is 0 Å². The Labute approximate surface area is 180 Å². The number of halogens is 1. The van der Waals surface area contributed by atoms with Crippen LogP contribution in [0.1, 0.15) is 87.6 Å². The summed E-state index contributed by atoms with van der Waals surface area (Å²) in [5.41, 5.74) is 1.41. The normalized spacial score (nSPS) is 12.1. The quantitative estimate of drug-likeness (QED) is 0.185. The monoisotopic (exact) mass is 416 g/mol. The van der Waals surface area contributed by atoms with Crippen LogP contribution in [0, 0.1) is 0 Å². The van der Waals surface area contributed by atoms with E-state index in [4.69, 9.17) is 11.6 Å². The van der Waals surface area contributed by atoms with Crippen molar-refractivity contribution in [2.75, 3.05) is 0 Å². The average molecular weight is 417 g/mol. The first kappa shape index (κ1) is 23.0. The summed E-state index contributed by atoms with van der Waals surface area (Å²) >= 11 is 7.88. The number of unbranched alkanes of at least 4 members (excludes halogenated alkanes) is 5. The van der Waals surface area contributed by atoms with Crippen molar-refractivity contribution in [1.82, 2.24) is 0 Å². The predicted molar refractivity (Wildman–Crippen MR) is 124 cm³/mol. The molecular weight excluding hydrogens is 384 g/mol. The number of carbonyl (C=O) groups is 1. The maximum Gasteiger partial charge on any atom is 0.193 e. The molecule has 0 spiro atoms. The van der Waals surface area contributed by atoms with Gasteiger partial charge in [-0.25, -0.2) is 0 Å². The van der Waals surface area contributed by atoms with Crippen LogP contribution in [0.2, 0.25) is 5.02 Å². The van der Waals surface area contributed by atoms with Crippen molar-refractivity contribution < 1.29 is 4.79 Å². The summed E-state index contributed by atoms with van der Waals surface area (Å²) < 4.78 is 0. The number of ketones is 1. The molecular formula is C25H33ClOS. The molecule has 0 radical (unpaired) electrons. The smallest absolute Gasteiger partial charge is 0.193 e. The van der Waals surface area contributed by atoms with Crippen LogP contribution in [0.5, 0.6) is 0 Å². The lowest BCUT2D eigenvalue weighted by Gasteiger charge is -2.16. The van der Waals surface area contributed by atoms with Gasteiger partial charge in [0.15, 0.2) is 5.78 Å². The van der Waals surface area contributed by atoms with Gasteiger partial charge in [0.2, 0.25) is 0 Å². The lowest BCUT2D eigenvalue weighted by Crippen LogP contribution is -2.03. The fourth-order valence-corrected chi connectivity index (χ4v) is 4.82. The Hall–Kier alpha value is -1.25. The first-order valence-electron chi connectivity index (χ1n) is 10.7. The fourth-order valence-electron chi connectivity index (χ4n) is 3.38. The number of hydrogen-bond acceptors (Lipinski definition) is 2. The third-order valence-corrected chi connectivity index (χ3v) is 6.62. The first-order chi connectivity index (χ1) is 13.6. The van der Waals surface area contributed by atoms with Crippen molar-refractivity contribution in [3.05, 3.63) is 64.7 Å². The summed E-state index contributed by atoms with van der Waals surface area (Å²) in [7, 11) is 0. The minimum Gasteiger partial charge on any atom is -0.289 e. The molecule has 0 saturated carbocycles.